The zero-order valence-corrected chi connectivity index (χ0v) is 13.0. The summed E-state index contributed by atoms with van der Waals surface area (Å²) in [4.78, 5) is 10.8. The second kappa shape index (κ2) is 12.0. The van der Waals surface area contributed by atoms with Gasteiger partial charge in [0.1, 0.15) is 0 Å². The lowest BCUT2D eigenvalue weighted by atomic mass is 10.1. The Morgan fingerprint density at radius 2 is 1.56 bits per heavy atom. The molecule has 1 unspecified atom stereocenters. The van der Waals surface area contributed by atoms with Gasteiger partial charge in [-0.15, -0.1) is 0 Å². The van der Waals surface area contributed by atoms with Gasteiger partial charge >= 0.3 is 0 Å². The van der Waals surface area contributed by atoms with Crippen molar-refractivity contribution >= 4 is 32.8 Å². The van der Waals surface area contributed by atoms with E-state index in [0.29, 0.717) is 4.16 Å². The maximum Gasteiger partial charge on any atom is 0.186 e. The van der Waals surface area contributed by atoms with Gasteiger partial charge in [-0.05, 0) is 6.42 Å². The first-order chi connectivity index (χ1) is 7.66. The molecule has 1 atom stereocenters. The predicted octanol–water partition coefficient (Wildman–Crippen LogP) is 5.52. The zero-order valence-electron chi connectivity index (χ0n) is 10.6. The van der Waals surface area contributed by atoms with Crippen molar-refractivity contribution in [2.45, 2.75) is 75.8 Å². The topological polar surface area (TPSA) is 17.1 Å². The Bertz CT molecular complexity index is 173. The minimum atomic E-state index is 0.210. The Hall–Kier alpha value is 0.500. The molecule has 0 aromatic heterocycles. The summed E-state index contributed by atoms with van der Waals surface area (Å²) in [6.07, 6.45) is 11.9. The maximum absolute atomic E-state index is 10.8. The zero-order chi connectivity index (χ0) is 12.2. The Labute approximate surface area is 113 Å². The van der Waals surface area contributed by atoms with Crippen molar-refractivity contribution in [3.05, 3.63) is 0 Å². The first kappa shape index (κ1) is 16.5. The summed E-state index contributed by atoms with van der Waals surface area (Å²) < 4.78 is 0.324. The highest BCUT2D eigenvalue weighted by Gasteiger charge is 2.06. The molecule has 96 valence electrons. The van der Waals surface area contributed by atoms with Gasteiger partial charge in [0, 0.05) is 6.92 Å². The highest BCUT2D eigenvalue weighted by molar-refractivity contribution is 9.11. The van der Waals surface area contributed by atoms with Crippen molar-refractivity contribution in [1.82, 2.24) is 0 Å². The third kappa shape index (κ3) is 12.6. The summed E-state index contributed by atoms with van der Waals surface area (Å²) in [5, 5.41) is 0.210. The van der Waals surface area contributed by atoms with Gasteiger partial charge < -0.3 is 0 Å². The van der Waals surface area contributed by atoms with Crippen molar-refractivity contribution in [1.29, 1.82) is 0 Å². The quantitative estimate of drug-likeness (QED) is 0.390. The fourth-order valence-electron chi connectivity index (χ4n) is 1.68. The molecule has 0 aromatic rings. The summed E-state index contributed by atoms with van der Waals surface area (Å²) in [6.45, 7) is 3.88. The number of hydrogen-bond acceptors (Lipinski definition) is 2. The summed E-state index contributed by atoms with van der Waals surface area (Å²) in [5.41, 5.74) is 0. The molecule has 0 saturated carbocycles. The van der Waals surface area contributed by atoms with Crippen LogP contribution in [0.5, 0.6) is 0 Å². The van der Waals surface area contributed by atoms with Gasteiger partial charge in [-0.1, -0.05) is 86.0 Å². The molecule has 0 aliphatic heterocycles. The molecule has 16 heavy (non-hydrogen) atoms. The smallest absolute Gasteiger partial charge is 0.186 e. The van der Waals surface area contributed by atoms with Crippen LogP contribution in [0.1, 0.15) is 71.6 Å². The van der Waals surface area contributed by atoms with Crippen molar-refractivity contribution in [2.24, 2.45) is 0 Å². The first-order valence-electron chi connectivity index (χ1n) is 6.48. The number of carbonyl (C=O) groups is 1. The highest BCUT2D eigenvalue weighted by atomic mass is 79.9. The van der Waals surface area contributed by atoms with Crippen LogP contribution >= 0.6 is 27.7 Å². The second-order valence-corrected chi connectivity index (χ2v) is 7.37. The van der Waals surface area contributed by atoms with Gasteiger partial charge in [0.2, 0.25) is 0 Å². The van der Waals surface area contributed by atoms with E-state index in [2.05, 4.69) is 22.9 Å². The van der Waals surface area contributed by atoms with Crippen LogP contribution < -0.4 is 0 Å². The summed E-state index contributed by atoms with van der Waals surface area (Å²) in [6, 6.07) is 0. The normalized spacial score (nSPS) is 12.7. The molecule has 0 bridgehead atoms. The summed E-state index contributed by atoms with van der Waals surface area (Å²) >= 11 is 4.93. The second-order valence-electron chi connectivity index (χ2n) is 4.28. The molecule has 1 nitrogen and oxygen atoms in total. The van der Waals surface area contributed by atoms with Crippen LogP contribution in [0, 0.1) is 0 Å². The summed E-state index contributed by atoms with van der Waals surface area (Å²) in [7, 11) is 0. The average Bonchev–Trinajstić information content (AvgIpc) is 2.21. The molecule has 0 aromatic carbocycles. The minimum absolute atomic E-state index is 0.210. The van der Waals surface area contributed by atoms with E-state index in [0.717, 1.165) is 6.42 Å². The Balaban J connectivity index is 3.11. The number of carbonyl (C=O) groups excluding carboxylic acids is 1. The molecule has 0 amide bonds. The molecule has 0 aliphatic carbocycles. The molecule has 0 saturated heterocycles. The van der Waals surface area contributed by atoms with E-state index in [1.165, 1.54) is 63.1 Å². The predicted molar refractivity (Wildman–Crippen MR) is 78.2 cm³/mol. The lowest BCUT2D eigenvalue weighted by Crippen LogP contribution is -1.95. The third-order valence-electron chi connectivity index (χ3n) is 2.58. The van der Waals surface area contributed by atoms with E-state index in [1.807, 2.05) is 0 Å². The van der Waals surface area contributed by atoms with E-state index in [4.69, 9.17) is 0 Å². The van der Waals surface area contributed by atoms with E-state index in [9.17, 15) is 4.79 Å². The number of rotatable bonds is 10. The van der Waals surface area contributed by atoms with Gasteiger partial charge in [-0.25, -0.2) is 0 Å². The Kier molecular flexibility index (Phi) is 12.3. The van der Waals surface area contributed by atoms with E-state index in [1.54, 1.807) is 6.92 Å². The molecule has 0 N–H and O–H groups in total. The van der Waals surface area contributed by atoms with Crippen LogP contribution in [0.15, 0.2) is 0 Å². The molecular weight excluding hydrogens is 284 g/mol. The van der Waals surface area contributed by atoms with Crippen LogP contribution in [-0.2, 0) is 4.79 Å². The minimum Gasteiger partial charge on any atom is -0.288 e. The van der Waals surface area contributed by atoms with Crippen molar-refractivity contribution in [2.75, 3.05) is 0 Å². The van der Waals surface area contributed by atoms with Crippen molar-refractivity contribution < 1.29 is 4.79 Å². The van der Waals surface area contributed by atoms with Gasteiger partial charge in [-0.3, -0.25) is 4.79 Å². The van der Waals surface area contributed by atoms with Gasteiger partial charge in [0.25, 0.3) is 0 Å². The van der Waals surface area contributed by atoms with Gasteiger partial charge in [-0.2, -0.15) is 0 Å². The molecule has 0 rings (SSSR count). The van der Waals surface area contributed by atoms with E-state index >= 15 is 0 Å². The lowest BCUT2D eigenvalue weighted by molar-refractivity contribution is -0.109. The average molecular weight is 309 g/mol. The monoisotopic (exact) mass is 308 g/mol. The SMILES string of the molecule is CCCCCCCCCCC(Br)SC(C)=O. The van der Waals surface area contributed by atoms with Crippen LogP contribution in [0.25, 0.3) is 0 Å². The molecular formula is C13H25BrOS. The summed E-state index contributed by atoms with van der Waals surface area (Å²) in [5.74, 6) is 0. The fourth-order valence-corrected chi connectivity index (χ4v) is 3.44. The number of alkyl halides is 1. The first-order valence-corrected chi connectivity index (χ1v) is 8.27. The fraction of sp³-hybridized carbons (Fsp3) is 0.923. The van der Waals surface area contributed by atoms with Crippen molar-refractivity contribution in [3.63, 3.8) is 0 Å². The number of halogens is 1. The maximum atomic E-state index is 10.8. The van der Waals surface area contributed by atoms with Crippen LogP contribution in [-0.4, -0.2) is 9.27 Å². The molecule has 0 aliphatic rings. The largest absolute Gasteiger partial charge is 0.288 e. The highest BCUT2D eigenvalue weighted by Crippen LogP contribution is 2.24. The van der Waals surface area contributed by atoms with Gasteiger partial charge in [0.05, 0.1) is 4.16 Å². The Morgan fingerprint density at radius 1 is 1.06 bits per heavy atom. The molecule has 0 fully saturated rings. The Morgan fingerprint density at radius 3 is 2.06 bits per heavy atom. The van der Waals surface area contributed by atoms with Crippen molar-refractivity contribution in [3.8, 4) is 0 Å². The molecule has 0 radical (unpaired) electrons. The molecule has 3 heteroatoms. The molecule has 0 heterocycles. The third-order valence-corrected chi connectivity index (χ3v) is 4.42. The van der Waals surface area contributed by atoms with Crippen LogP contribution in [0.4, 0.5) is 0 Å². The molecule has 0 spiro atoms. The lowest BCUT2D eigenvalue weighted by Gasteiger charge is -2.06. The number of hydrogen-bond donors (Lipinski definition) is 0. The van der Waals surface area contributed by atoms with Crippen LogP contribution in [0.2, 0.25) is 0 Å². The number of thioether (sulfide) groups is 1. The van der Waals surface area contributed by atoms with Gasteiger partial charge in [0.15, 0.2) is 5.12 Å². The van der Waals surface area contributed by atoms with E-state index in [-0.39, 0.29) is 5.12 Å². The van der Waals surface area contributed by atoms with Crippen LogP contribution in [0.3, 0.4) is 0 Å². The van der Waals surface area contributed by atoms with E-state index < -0.39 is 0 Å². The number of unbranched alkanes of at least 4 members (excludes halogenated alkanes) is 7. The standard InChI is InChI=1S/C13H25BrOS/c1-3-4-5-6-7-8-9-10-11-13(14)16-12(2)15/h13H,3-11H2,1-2H3.